The zero-order chi connectivity index (χ0) is 13.7. The largest absolute Gasteiger partial charge is 0.399 e. The number of nitrogen functional groups attached to an aromatic ring is 6. The van der Waals surface area contributed by atoms with Gasteiger partial charge in [-0.2, -0.15) is 0 Å². The van der Waals surface area contributed by atoms with Crippen LogP contribution in [0.15, 0.2) is 36.4 Å². The second-order valence-electron chi connectivity index (χ2n) is 3.87. The molecular formula is C12H18N6. The number of benzene rings is 2. The fourth-order valence-electron chi connectivity index (χ4n) is 1.40. The molecule has 0 atom stereocenters. The van der Waals surface area contributed by atoms with Gasteiger partial charge in [-0.05, 0) is 36.4 Å². The number of rotatable bonds is 0. The Morgan fingerprint density at radius 2 is 0.444 bits per heavy atom. The topological polar surface area (TPSA) is 156 Å². The number of hydrogen-bond donors (Lipinski definition) is 6. The van der Waals surface area contributed by atoms with E-state index in [4.69, 9.17) is 34.4 Å². The van der Waals surface area contributed by atoms with Crippen molar-refractivity contribution in [3.05, 3.63) is 36.4 Å². The Kier molecular flexibility index (Phi) is 4.09. The SMILES string of the molecule is Nc1cc(N)cc(N)c1.Nc1cc(N)cc(N)c1. The van der Waals surface area contributed by atoms with Crippen molar-refractivity contribution in [1.29, 1.82) is 0 Å². The van der Waals surface area contributed by atoms with Crippen molar-refractivity contribution in [2.75, 3.05) is 34.4 Å². The summed E-state index contributed by atoms with van der Waals surface area (Å²) in [5, 5.41) is 0. The summed E-state index contributed by atoms with van der Waals surface area (Å²) in [4.78, 5) is 0. The zero-order valence-electron chi connectivity index (χ0n) is 9.93. The van der Waals surface area contributed by atoms with Crippen LogP contribution in [-0.2, 0) is 0 Å². The smallest absolute Gasteiger partial charge is 0.0355 e. The van der Waals surface area contributed by atoms with Crippen molar-refractivity contribution in [1.82, 2.24) is 0 Å². The van der Waals surface area contributed by atoms with Crippen LogP contribution in [0, 0.1) is 0 Å². The number of hydrogen-bond acceptors (Lipinski definition) is 6. The average Bonchev–Trinajstić information content (AvgIpc) is 2.12. The molecule has 6 heteroatoms. The van der Waals surface area contributed by atoms with Gasteiger partial charge in [-0.1, -0.05) is 0 Å². The second kappa shape index (κ2) is 5.53. The maximum Gasteiger partial charge on any atom is 0.0355 e. The van der Waals surface area contributed by atoms with Crippen molar-refractivity contribution in [3.8, 4) is 0 Å². The first kappa shape index (κ1) is 13.3. The minimum absolute atomic E-state index is 0.604. The molecule has 2 aromatic carbocycles. The van der Waals surface area contributed by atoms with Crippen LogP contribution in [0.1, 0.15) is 0 Å². The first-order chi connectivity index (χ1) is 8.36. The molecule has 0 radical (unpaired) electrons. The van der Waals surface area contributed by atoms with Crippen molar-refractivity contribution in [2.24, 2.45) is 0 Å². The third-order valence-electron chi connectivity index (χ3n) is 2.00. The fourth-order valence-corrected chi connectivity index (χ4v) is 1.40. The van der Waals surface area contributed by atoms with Gasteiger partial charge in [-0.3, -0.25) is 0 Å². The van der Waals surface area contributed by atoms with Gasteiger partial charge in [0.2, 0.25) is 0 Å². The van der Waals surface area contributed by atoms with Crippen molar-refractivity contribution in [3.63, 3.8) is 0 Å². The lowest BCUT2D eigenvalue weighted by Crippen LogP contribution is -1.93. The van der Waals surface area contributed by atoms with E-state index < -0.39 is 0 Å². The summed E-state index contributed by atoms with van der Waals surface area (Å²) in [6.07, 6.45) is 0. The molecule has 0 fully saturated rings. The summed E-state index contributed by atoms with van der Waals surface area (Å²) in [5.74, 6) is 0. The predicted molar refractivity (Wildman–Crippen MR) is 79.4 cm³/mol. The molecule has 96 valence electrons. The summed E-state index contributed by atoms with van der Waals surface area (Å²) in [7, 11) is 0. The minimum Gasteiger partial charge on any atom is -0.399 e. The van der Waals surface area contributed by atoms with Gasteiger partial charge >= 0.3 is 0 Å². The molecule has 0 heterocycles. The Labute approximate surface area is 106 Å². The molecule has 0 amide bonds. The van der Waals surface area contributed by atoms with Gasteiger partial charge in [0.15, 0.2) is 0 Å². The van der Waals surface area contributed by atoms with Gasteiger partial charge in [0.25, 0.3) is 0 Å². The maximum atomic E-state index is 5.40. The summed E-state index contributed by atoms with van der Waals surface area (Å²) in [6, 6.07) is 9.98. The maximum absolute atomic E-state index is 5.40. The van der Waals surface area contributed by atoms with E-state index >= 15 is 0 Å². The lowest BCUT2D eigenvalue weighted by molar-refractivity contribution is 1.65. The molecule has 0 saturated carbocycles. The highest BCUT2D eigenvalue weighted by Gasteiger charge is 1.89. The second-order valence-corrected chi connectivity index (χ2v) is 3.87. The molecule has 0 aliphatic rings. The summed E-state index contributed by atoms with van der Waals surface area (Å²) in [6.45, 7) is 0. The van der Waals surface area contributed by atoms with Crippen LogP contribution in [-0.4, -0.2) is 0 Å². The van der Waals surface area contributed by atoms with Crippen LogP contribution in [0.3, 0.4) is 0 Å². The number of anilines is 6. The Balaban J connectivity index is 0.000000180. The molecule has 0 unspecified atom stereocenters. The van der Waals surface area contributed by atoms with Crippen molar-refractivity contribution in [2.45, 2.75) is 0 Å². The molecule has 2 aromatic rings. The quantitative estimate of drug-likeness (QED) is 0.378. The monoisotopic (exact) mass is 246 g/mol. The van der Waals surface area contributed by atoms with Gasteiger partial charge < -0.3 is 34.4 Å². The Morgan fingerprint density at radius 3 is 0.556 bits per heavy atom. The molecule has 2 rings (SSSR count). The highest BCUT2D eigenvalue weighted by molar-refractivity contribution is 5.62. The first-order valence-corrected chi connectivity index (χ1v) is 5.20. The van der Waals surface area contributed by atoms with Gasteiger partial charge in [-0.25, -0.2) is 0 Å². The molecule has 0 aliphatic carbocycles. The third kappa shape index (κ3) is 4.40. The molecule has 12 N–H and O–H groups in total. The van der Waals surface area contributed by atoms with Crippen LogP contribution >= 0.6 is 0 Å². The van der Waals surface area contributed by atoms with E-state index in [1.165, 1.54) is 0 Å². The van der Waals surface area contributed by atoms with Crippen molar-refractivity contribution >= 4 is 34.1 Å². The highest BCUT2D eigenvalue weighted by Crippen LogP contribution is 2.14. The Morgan fingerprint density at radius 1 is 0.333 bits per heavy atom. The van der Waals surface area contributed by atoms with E-state index in [-0.39, 0.29) is 0 Å². The van der Waals surface area contributed by atoms with Gasteiger partial charge in [0, 0.05) is 34.1 Å². The average molecular weight is 246 g/mol. The summed E-state index contributed by atoms with van der Waals surface area (Å²) in [5.41, 5.74) is 36.0. The minimum atomic E-state index is 0.604. The van der Waals surface area contributed by atoms with Crippen LogP contribution in [0.2, 0.25) is 0 Å². The summed E-state index contributed by atoms with van der Waals surface area (Å²) >= 11 is 0. The van der Waals surface area contributed by atoms with E-state index in [0.29, 0.717) is 34.1 Å². The molecule has 0 aliphatic heterocycles. The standard InChI is InChI=1S/2C6H9N3/c2*7-4-1-5(8)3-6(9)2-4/h2*1-3H,7-9H2. The first-order valence-electron chi connectivity index (χ1n) is 5.20. The number of nitrogens with two attached hydrogens (primary N) is 6. The van der Waals surface area contributed by atoms with Crippen LogP contribution < -0.4 is 34.4 Å². The van der Waals surface area contributed by atoms with Gasteiger partial charge in [-0.15, -0.1) is 0 Å². The van der Waals surface area contributed by atoms with Crippen molar-refractivity contribution < 1.29 is 0 Å². The Bertz CT molecular complexity index is 388. The molecule has 0 aromatic heterocycles. The van der Waals surface area contributed by atoms with E-state index in [1.807, 2.05) is 0 Å². The lowest BCUT2D eigenvalue weighted by atomic mass is 10.2. The van der Waals surface area contributed by atoms with Gasteiger partial charge in [0.1, 0.15) is 0 Å². The molecule has 18 heavy (non-hydrogen) atoms. The van der Waals surface area contributed by atoms with E-state index in [0.717, 1.165) is 0 Å². The van der Waals surface area contributed by atoms with Crippen LogP contribution in [0.4, 0.5) is 34.1 Å². The van der Waals surface area contributed by atoms with Gasteiger partial charge in [0.05, 0.1) is 0 Å². The lowest BCUT2D eigenvalue weighted by Gasteiger charge is -1.97. The zero-order valence-corrected chi connectivity index (χ0v) is 9.93. The molecule has 6 nitrogen and oxygen atoms in total. The van der Waals surface area contributed by atoms with Crippen LogP contribution in [0.5, 0.6) is 0 Å². The molecular weight excluding hydrogens is 228 g/mol. The predicted octanol–water partition coefficient (Wildman–Crippen LogP) is 0.866. The van der Waals surface area contributed by atoms with Crippen LogP contribution in [0.25, 0.3) is 0 Å². The third-order valence-corrected chi connectivity index (χ3v) is 2.00. The van der Waals surface area contributed by atoms with E-state index in [2.05, 4.69) is 0 Å². The van der Waals surface area contributed by atoms with E-state index in [1.54, 1.807) is 36.4 Å². The molecule has 0 spiro atoms. The summed E-state index contributed by atoms with van der Waals surface area (Å²) < 4.78 is 0. The molecule has 0 saturated heterocycles. The normalized spacial score (nSPS) is 9.33. The van der Waals surface area contributed by atoms with E-state index in [9.17, 15) is 0 Å². The highest BCUT2D eigenvalue weighted by atomic mass is 14.6. The molecule has 0 bridgehead atoms. The Hall–Kier alpha value is -2.76. The fraction of sp³-hybridized carbons (Fsp3) is 0.